The summed E-state index contributed by atoms with van der Waals surface area (Å²) in [6.07, 6.45) is 2.85. The van der Waals surface area contributed by atoms with Crippen LogP contribution < -0.4 is 0 Å². The topological polar surface area (TPSA) is 57.5 Å². The zero-order valence-electron chi connectivity index (χ0n) is 10.8. The summed E-state index contributed by atoms with van der Waals surface area (Å²) in [5.41, 5.74) is 1.67. The largest absolute Gasteiger partial charge is 0.507 e. The van der Waals surface area contributed by atoms with Crippen LogP contribution in [0.4, 0.5) is 0 Å². The summed E-state index contributed by atoms with van der Waals surface area (Å²) in [4.78, 5) is 12.0. The van der Waals surface area contributed by atoms with Gasteiger partial charge in [0, 0.05) is 10.0 Å². The van der Waals surface area contributed by atoms with Gasteiger partial charge < -0.3 is 10.2 Å². The molecule has 0 aliphatic carbocycles. The number of phenolic OH excluding ortho intramolecular Hbond substituents is 2. The smallest absolute Gasteiger partial charge is 0.189 e. The van der Waals surface area contributed by atoms with Gasteiger partial charge in [0.15, 0.2) is 5.78 Å². The summed E-state index contributed by atoms with van der Waals surface area (Å²) in [5.74, 6) is -0.278. The first-order valence-electron chi connectivity index (χ1n) is 5.98. The van der Waals surface area contributed by atoms with Crippen LogP contribution in [0.1, 0.15) is 21.5 Å². The molecule has 0 atom stereocenters. The molecule has 0 saturated carbocycles. The molecular weight excluding hydrogens is 320 g/mol. The van der Waals surface area contributed by atoms with E-state index in [4.69, 9.17) is 0 Å². The highest BCUT2D eigenvalue weighted by atomic mass is 79.9. The van der Waals surface area contributed by atoms with Crippen molar-refractivity contribution in [2.24, 2.45) is 0 Å². The number of carbonyl (C=O) groups excluding carboxylic acids is 1. The van der Waals surface area contributed by atoms with Crippen LogP contribution >= 0.6 is 15.9 Å². The Balaban J connectivity index is 2.29. The third-order valence-corrected chi connectivity index (χ3v) is 3.31. The molecule has 0 spiro atoms. The van der Waals surface area contributed by atoms with Gasteiger partial charge in [-0.1, -0.05) is 27.6 Å². The Labute approximate surface area is 125 Å². The summed E-state index contributed by atoms with van der Waals surface area (Å²) >= 11 is 3.30. The van der Waals surface area contributed by atoms with Gasteiger partial charge in [0.1, 0.15) is 11.5 Å². The van der Waals surface area contributed by atoms with Crippen molar-refractivity contribution >= 4 is 27.8 Å². The third-order valence-electron chi connectivity index (χ3n) is 2.82. The number of hydrogen-bond acceptors (Lipinski definition) is 3. The predicted molar refractivity (Wildman–Crippen MR) is 82.0 cm³/mol. The van der Waals surface area contributed by atoms with Crippen LogP contribution in [0, 0.1) is 6.92 Å². The van der Waals surface area contributed by atoms with E-state index < -0.39 is 0 Å². The molecule has 0 fully saturated rings. The molecule has 2 rings (SSSR count). The average Bonchev–Trinajstić information content (AvgIpc) is 2.42. The van der Waals surface area contributed by atoms with E-state index in [2.05, 4.69) is 15.9 Å². The quantitative estimate of drug-likeness (QED) is 0.658. The zero-order chi connectivity index (χ0) is 14.7. The molecule has 0 radical (unpaired) electrons. The number of aromatic hydroxyl groups is 2. The molecule has 0 aliphatic rings. The first-order valence-corrected chi connectivity index (χ1v) is 6.77. The average molecular weight is 333 g/mol. The standard InChI is InChI=1S/C16H13BrO3/c1-10-2-5-15(19)13(8-10)16(20)6-3-11-9-12(17)4-7-14(11)18/h2-9,18-19H,1H3. The summed E-state index contributed by atoms with van der Waals surface area (Å²) < 4.78 is 0.806. The molecule has 0 saturated heterocycles. The minimum absolute atomic E-state index is 0.0521. The summed E-state index contributed by atoms with van der Waals surface area (Å²) in [6.45, 7) is 1.85. The highest BCUT2D eigenvalue weighted by molar-refractivity contribution is 9.10. The maximum absolute atomic E-state index is 12.0. The van der Waals surface area contributed by atoms with Crippen LogP contribution in [0.25, 0.3) is 6.08 Å². The van der Waals surface area contributed by atoms with E-state index >= 15 is 0 Å². The van der Waals surface area contributed by atoms with Gasteiger partial charge >= 0.3 is 0 Å². The minimum Gasteiger partial charge on any atom is -0.507 e. The number of allylic oxidation sites excluding steroid dienone is 1. The van der Waals surface area contributed by atoms with Crippen LogP contribution in [0.5, 0.6) is 11.5 Å². The van der Waals surface area contributed by atoms with Crippen molar-refractivity contribution < 1.29 is 15.0 Å². The molecule has 102 valence electrons. The van der Waals surface area contributed by atoms with E-state index in [-0.39, 0.29) is 22.8 Å². The molecule has 0 unspecified atom stereocenters. The molecule has 3 nitrogen and oxygen atoms in total. The lowest BCUT2D eigenvalue weighted by Crippen LogP contribution is -1.95. The number of aryl methyl sites for hydroxylation is 1. The molecule has 0 aromatic heterocycles. The monoisotopic (exact) mass is 332 g/mol. The second-order valence-corrected chi connectivity index (χ2v) is 5.34. The summed E-state index contributed by atoms with van der Waals surface area (Å²) in [6, 6.07) is 9.81. The van der Waals surface area contributed by atoms with Gasteiger partial charge in [-0.3, -0.25) is 4.79 Å². The van der Waals surface area contributed by atoms with Crippen LogP contribution in [-0.4, -0.2) is 16.0 Å². The number of benzene rings is 2. The van der Waals surface area contributed by atoms with Crippen LogP contribution in [0.15, 0.2) is 46.9 Å². The lowest BCUT2D eigenvalue weighted by molar-refractivity contribution is 0.104. The Bertz CT molecular complexity index is 690. The Hall–Kier alpha value is -2.07. The van der Waals surface area contributed by atoms with Crippen LogP contribution in [0.2, 0.25) is 0 Å². The van der Waals surface area contributed by atoms with Crippen LogP contribution in [0.3, 0.4) is 0 Å². The van der Waals surface area contributed by atoms with Crippen molar-refractivity contribution in [1.29, 1.82) is 0 Å². The van der Waals surface area contributed by atoms with E-state index in [1.165, 1.54) is 18.2 Å². The number of halogens is 1. The molecule has 0 aliphatic heterocycles. The van der Waals surface area contributed by atoms with E-state index in [9.17, 15) is 15.0 Å². The molecule has 0 heterocycles. The number of rotatable bonds is 3. The SMILES string of the molecule is Cc1ccc(O)c(C(=O)C=Cc2cc(Br)ccc2O)c1. The number of carbonyl (C=O) groups is 1. The van der Waals surface area contributed by atoms with Gasteiger partial charge in [-0.2, -0.15) is 0 Å². The van der Waals surface area contributed by atoms with E-state index in [0.717, 1.165) is 10.0 Å². The third kappa shape index (κ3) is 3.27. The Kier molecular flexibility index (Phi) is 4.25. The zero-order valence-corrected chi connectivity index (χ0v) is 12.4. The number of phenols is 2. The maximum Gasteiger partial charge on any atom is 0.189 e. The second-order valence-electron chi connectivity index (χ2n) is 4.42. The molecule has 2 aromatic carbocycles. The Morgan fingerprint density at radius 3 is 2.55 bits per heavy atom. The van der Waals surface area contributed by atoms with E-state index in [0.29, 0.717) is 5.56 Å². The number of hydrogen-bond donors (Lipinski definition) is 2. The minimum atomic E-state index is -0.314. The molecule has 20 heavy (non-hydrogen) atoms. The number of ketones is 1. The van der Waals surface area contributed by atoms with Crippen molar-refractivity contribution in [3.63, 3.8) is 0 Å². The molecule has 2 N–H and O–H groups in total. The molecule has 2 aromatic rings. The highest BCUT2D eigenvalue weighted by Crippen LogP contribution is 2.24. The van der Waals surface area contributed by atoms with Crippen molar-refractivity contribution in [2.75, 3.05) is 0 Å². The van der Waals surface area contributed by atoms with Gasteiger partial charge in [0.25, 0.3) is 0 Å². The highest BCUT2D eigenvalue weighted by Gasteiger charge is 2.08. The summed E-state index contributed by atoms with van der Waals surface area (Å²) in [5, 5.41) is 19.4. The normalized spacial score (nSPS) is 10.9. The van der Waals surface area contributed by atoms with Crippen molar-refractivity contribution in [3.8, 4) is 11.5 Å². The van der Waals surface area contributed by atoms with Gasteiger partial charge in [-0.15, -0.1) is 0 Å². The van der Waals surface area contributed by atoms with Gasteiger partial charge in [-0.25, -0.2) is 0 Å². The maximum atomic E-state index is 12.0. The Morgan fingerprint density at radius 1 is 1.10 bits per heavy atom. The first-order chi connectivity index (χ1) is 9.47. The fourth-order valence-electron chi connectivity index (χ4n) is 1.76. The second kappa shape index (κ2) is 5.92. The van der Waals surface area contributed by atoms with Gasteiger partial charge in [-0.05, 0) is 49.4 Å². The lowest BCUT2D eigenvalue weighted by Gasteiger charge is -2.02. The van der Waals surface area contributed by atoms with E-state index in [1.807, 2.05) is 6.92 Å². The predicted octanol–water partition coefficient (Wildman–Crippen LogP) is 4.06. The fourth-order valence-corrected chi connectivity index (χ4v) is 2.14. The summed E-state index contributed by atoms with van der Waals surface area (Å²) in [7, 11) is 0. The van der Waals surface area contributed by atoms with Crippen molar-refractivity contribution in [2.45, 2.75) is 6.92 Å². The molecule has 0 amide bonds. The fraction of sp³-hybridized carbons (Fsp3) is 0.0625. The van der Waals surface area contributed by atoms with Crippen LogP contribution in [-0.2, 0) is 0 Å². The van der Waals surface area contributed by atoms with E-state index in [1.54, 1.807) is 30.3 Å². The molecule has 0 bridgehead atoms. The van der Waals surface area contributed by atoms with Crippen molar-refractivity contribution in [3.05, 3.63) is 63.6 Å². The first kappa shape index (κ1) is 14.3. The molecule has 4 heteroatoms. The van der Waals surface area contributed by atoms with Gasteiger partial charge in [0.2, 0.25) is 0 Å². The van der Waals surface area contributed by atoms with Gasteiger partial charge in [0.05, 0.1) is 5.56 Å². The lowest BCUT2D eigenvalue weighted by atomic mass is 10.1. The Morgan fingerprint density at radius 2 is 1.80 bits per heavy atom. The van der Waals surface area contributed by atoms with Crippen molar-refractivity contribution in [1.82, 2.24) is 0 Å². The molecular formula is C16H13BrO3.